The minimum Gasteiger partial charge on any atom is -0.497 e. The van der Waals surface area contributed by atoms with Crippen molar-refractivity contribution >= 4 is 0 Å². The summed E-state index contributed by atoms with van der Waals surface area (Å²) in [4.78, 5) is 12.8. The largest absolute Gasteiger partial charge is 0.497 e. The number of rotatable bonds is 4. The van der Waals surface area contributed by atoms with Crippen LogP contribution in [0.1, 0.15) is 16.8 Å². The third kappa shape index (κ3) is 3.19. The Labute approximate surface area is 157 Å². The molecule has 1 aliphatic heterocycles. The van der Waals surface area contributed by atoms with Gasteiger partial charge in [0.15, 0.2) is 11.5 Å². The third-order valence-electron chi connectivity index (χ3n) is 4.40. The average molecular weight is 392 g/mol. The van der Waals surface area contributed by atoms with Crippen LogP contribution >= 0.6 is 0 Å². The fourth-order valence-electron chi connectivity index (χ4n) is 3.06. The number of hydrogen-bond acceptors (Lipinski definition) is 4. The van der Waals surface area contributed by atoms with Gasteiger partial charge in [-0.25, -0.2) is 4.68 Å². The number of ether oxygens (including phenoxy) is 3. The van der Waals surface area contributed by atoms with Gasteiger partial charge in [0.2, 0.25) is 6.79 Å². The van der Waals surface area contributed by atoms with Crippen LogP contribution in [0, 0.1) is 0 Å². The first-order chi connectivity index (χ1) is 13.4. The molecule has 146 valence electrons. The van der Waals surface area contributed by atoms with Gasteiger partial charge in [-0.3, -0.25) is 9.89 Å². The summed E-state index contributed by atoms with van der Waals surface area (Å²) in [5.74, 6) is 1.38. The second-order valence-electron chi connectivity index (χ2n) is 6.17. The van der Waals surface area contributed by atoms with E-state index in [4.69, 9.17) is 14.2 Å². The number of fused-ring (bicyclic) bond motifs is 1. The van der Waals surface area contributed by atoms with Gasteiger partial charge < -0.3 is 14.2 Å². The van der Waals surface area contributed by atoms with Gasteiger partial charge >= 0.3 is 6.18 Å². The number of aromatic amines is 1. The van der Waals surface area contributed by atoms with Gasteiger partial charge in [0, 0.05) is 12.5 Å². The number of methoxy groups -OCH3 is 1. The maximum atomic E-state index is 13.6. The molecule has 2 aromatic carbocycles. The molecule has 0 radical (unpaired) electrons. The van der Waals surface area contributed by atoms with Crippen molar-refractivity contribution in [1.82, 2.24) is 9.78 Å². The highest BCUT2D eigenvalue weighted by molar-refractivity contribution is 5.46. The van der Waals surface area contributed by atoms with E-state index in [2.05, 4.69) is 5.10 Å². The lowest BCUT2D eigenvalue weighted by atomic mass is 10.0. The lowest BCUT2D eigenvalue weighted by Gasteiger charge is -2.07. The summed E-state index contributed by atoms with van der Waals surface area (Å²) in [6.07, 6.45) is -4.92. The summed E-state index contributed by atoms with van der Waals surface area (Å²) in [5, 5.41) is 2.20. The van der Waals surface area contributed by atoms with Crippen molar-refractivity contribution in [3.05, 3.63) is 69.6 Å². The van der Waals surface area contributed by atoms with Crippen LogP contribution in [0.4, 0.5) is 13.2 Å². The number of H-pyrrole nitrogens is 1. The smallest absolute Gasteiger partial charge is 0.433 e. The Bertz CT molecular complexity index is 1090. The fourth-order valence-corrected chi connectivity index (χ4v) is 3.06. The second kappa shape index (κ2) is 6.66. The number of benzene rings is 2. The maximum absolute atomic E-state index is 13.6. The van der Waals surface area contributed by atoms with Gasteiger partial charge in [-0.2, -0.15) is 13.2 Å². The van der Waals surface area contributed by atoms with Gasteiger partial charge in [-0.15, -0.1) is 0 Å². The summed E-state index contributed by atoms with van der Waals surface area (Å²) in [6, 6.07) is 11.0. The third-order valence-corrected chi connectivity index (χ3v) is 4.40. The van der Waals surface area contributed by atoms with Gasteiger partial charge in [0.25, 0.3) is 5.56 Å². The summed E-state index contributed by atoms with van der Waals surface area (Å²) < 4.78 is 57.1. The molecule has 3 aromatic rings. The van der Waals surface area contributed by atoms with E-state index in [0.717, 1.165) is 4.68 Å². The molecule has 0 saturated heterocycles. The van der Waals surface area contributed by atoms with E-state index in [9.17, 15) is 18.0 Å². The van der Waals surface area contributed by atoms with E-state index < -0.39 is 17.4 Å². The van der Waals surface area contributed by atoms with Gasteiger partial charge in [-0.1, -0.05) is 12.1 Å². The first-order valence-electron chi connectivity index (χ1n) is 8.31. The molecule has 0 unspecified atom stereocenters. The molecule has 1 aliphatic rings. The van der Waals surface area contributed by atoms with E-state index in [1.807, 2.05) is 0 Å². The molecule has 1 N–H and O–H groups in total. The number of alkyl halides is 3. The monoisotopic (exact) mass is 392 g/mol. The molecular formula is C19H15F3N2O4. The van der Waals surface area contributed by atoms with Crippen molar-refractivity contribution < 1.29 is 27.4 Å². The Hall–Kier alpha value is -3.36. The lowest BCUT2D eigenvalue weighted by molar-refractivity contribution is -0.141. The highest BCUT2D eigenvalue weighted by Crippen LogP contribution is 2.35. The predicted molar refractivity (Wildman–Crippen MR) is 93.3 cm³/mol. The molecule has 0 atom stereocenters. The van der Waals surface area contributed by atoms with Gasteiger partial charge in [-0.05, 0) is 29.8 Å². The van der Waals surface area contributed by atoms with E-state index >= 15 is 0 Å². The molecule has 28 heavy (non-hydrogen) atoms. The van der Waals surface area contributed by atoms with Crippen LogP contribution < -0.4 is 19.8 Å². The minimum atomic E-state index is -4.71. The number of halogens is 3. The van der Waals surface area contributed by atoms with Crippen molar-refractivity contribution in [3.63, 3.8) is 0 Å². The quantitative estimate of drug-likeness (QED) is 0.738. The Balaban J connectivity index is 1.79. The maximum Gasteiger partial charge on any atom is 0.433 e. The fraction of sp³-hybridized carbons (Fsp3) is 0.211. The Morgan fingerprint density at radius 1 is 1.14 bits per heavy atom. The number of aromatic nitrogens is 2. The van der Waals surface area contributed by atoms with Crippen LogP contribution in [-0.4, -0.2) is 23.7 Å². The Morgan fingerprint density at radius 3 is 2.68 bits per heavy atom. The molecule has 0 bridgehead atoms. The normalized spacial score (nSPS) is 13.0. The zero-order valence-electron chi connectivity index (χ0n) is 14.7. The first kappa shape index (κ1) is 18.0. The topological polar surface area (TPSA) is 65.5 Å². The molecule has 2 heterocycles. The molecular weight excluding hydrogens is 377 g/mol. The van der Waals surface area contributed by atoms with Crippen LogP contribution in [-0.2, 0) is 12.6 Å². The first-order valence-corrected chi connectivity index (χ1v) is 8.31. The number of hydrogen-bond donors (Lipinski definition) is 1. The molecule has 0 spiro atoms. The highest BCUT2D eigenvalue weighted by Gasteiger charge is 2.38. The predicted octanol–water partition coefficient (Wildman–Crippen LogP) is 3.51. The SMILES string of the molecule is COc1cccc(-n2[nH]c(C(F)(F)F)c(Cc3ccc4c(c3)OCO4)c2=O)c1. The molecule has 0 aliphatic carbocycles. The second-order valence-corrected chi connectivity index (χ2v) is 6.17. The summed E-state index contributed by atoms with van der Waals surface area (Å²) in [7, 11) is 1.43. The van der Waals surface area contributed by atoms with Crippen molar-refractivity contribution in [2.45, 2.75) is 12.6 Å². The molecule has 4 rings (SSSR count). The van der Waals surface area contributed by atoms with Crippen LogP contribution in [0.2, 0.25) is 0 Å². The lowest BCUT2D eigenvalue weighted by Crippen LogP contribution is -2.18. The van der Waals surface area contributed by atoms with Crippen molar-refractivity contribution in [1.29, 1.82) is 0 Å². The van der Waals surface area contributed by atoms with Gasteiger partial charge in [0.1, 0.15) is 11.4 Å². The number of nitrogens with zero attached hydrogens (tertiary/aromatic N) is 1. The van der Waals surface area contributed by atoms with Crippen LogP contribution in [0.5, 0.6) is 17.2 Å². The van der Waals surface area contributed by atoms with Crippen molar-refractivity contribution in [2.75, 3.05) is 13.9 Å². The van der Waals surface area contributed by atoms with E-state index in [-0.39, 0.29) is 24.5 Å². The molecule has 0 fully saturated rings. The molecule has 0 saturated carbocycles. The summed E-state index contributed by atoms with van der Waals surface area (Å²) in [5.41, 5.74) is -1.50. The Morgan fingerprint density at radius 2 is 1.93 bits per heavy atom. The van der Waals surface area contributed by atoms with Crippen LogP contribution in [0.3, 0.4) is 0 Å². The van der Waals surface area contributed by atoms with Crippen LogP contribution in [0.25, 0.3) is 5.69 Å². The minimum absolute atomic E-state index is 0.0549. The highest BCUT2D eigenvalue weighted by atomic mass is 19.4. The zero-order chi connectivity index (χ0) is 19.9. The Kier molecular flexibility index (Phi) is 4.29. The van der Waals surface area contributed by atoms with E-state index in [0.29, 0.717) is 22.8 Å². The summed E-state index contributed by atoms with van der Waals surface area (Å²) >= 11 is 0. The van der Waals surface area contributed by atoms with E-state index in [1.54, 1.807) is 30.3 Å². The number of nitrogens with one attached hydrogen (secondary N) is 1. The van der Waals surface area contributed by atoms with Gasteiger partial charge in [0.05, 0.1) is 18.4 Å². The molecule has 0 amide bonds. The van der Waals surface area contributed by atoms with E-state index in [1.165, 1.54) is 19.2 Å². The summed E-state index contributed by atoms with van der Waals surface area (Å²) in [6.45, 7) is 0.0549. The molecule has 1 aromatic heterocycles. The van der Waals surface area contributed by atoms with Crippen molar-refractivity contribution in [2.24, 2.45) is 0 Å². The van der Waals surface area contributed by atoms with Crippen molar-refractivity contribution in [3.8, 4) is 22.9 Å². The zero-order valence-corrected chi connectivity index (χ0v) is 14.7. The average Bonchev–Trinajstić information content (AvgIpc) is 3.26. The standard InChI is InChI=1S/C19H15F3N2O4/c1-26-13-4-2-3-12(9-13)24-18(25)14(17(23-24)19(20,21)22)7-11-5-6-15-16(8-11)28-10-27-15/h2-6,8-9,23H,7,10H2,1H3. The molecule has 9 heteroatoms. The molecule has 6 nitrogen and oxygen atoms in total. The van der Waals surface area contributed by atoms with Crippen LogP contribution in [0.15, 0.2) is 47.3 Å².